The number of nitrogens with one attached hydrogen (secondary N) is 1. The highest BCUT2D eigenvalue weighted by Crippen LogP contribution is 2.12. The van der Waals surface area contributed by atoms with Crippen molar-refractivity contribution in [3.8, 4) is 0 Å². The molecule has 2 rings (SSSR count). The summed E-state index contributed by atoms with van der Waals surface area (Å²) in [5.41, 5.74) is 8.21. The van der Waals surface area contributed by atoms with Crippen LogP contribution in [0.4, 0.5) is 0 Å². The molecule has 1 amide bonds. The largest absolute Gasteiger partial charge is 0.350 e. The van der Waals surface area contributed by atoms with Gasteiger partial charge in [-0.05, 0) is 25.8 Å². The van der Waals surface area contributed by atoms with Crippen LogP contribution in [0.1, 0.15) is 42.4 Å². The van der Waals surface area contributed by atoms with Gasteiger partial charge in [0.2, 0.25) is 0 Å². The van der Waals surface area contributed by atoms with Crippen LogP contribution in [-0.4, -0.2) is 27.8 Å². The second-order valence-electron chi connectivity index (χ2n) is 6.17. The van der Waals surface area contributed by atoms with Crippen LogP contribution < -0.4 is 11.1 Å². The summed E-state index contributed by atoms with van der Waals surface area (Å²) in [4.78, 5) is 12.3. The molecule has 126 valence electrons. The summed E-state index contributed by atoms with van der Waals surface area (Å²) in [6, 6.07) is 10.1. The van der Waals surface area contributed by atoms with Gasteiger partial charge in [-0.1, -0.05) is 37.3 Å². The van der Waals surface area contributed by atoms with Crippen molar-refractivity contribution < 1.29 is 4.79 Å². The van der Waals surface area contributed by atoms with Crippen LogP contribution in [-0.2, 0) is 13.0 Å². The molecule has 0 radical (unpaired) electrons. The van der Waals surface area contributed by atoms with E-state index < -0.39 is 5.54 Å². The zero-order chi connectivity index (χ0) is 16.2. The number of carbonyl (C=O) groups excluding carboxylic acids is 1. The lowest BCUT2D eigenvalue weighted by molar-refractivity contribution is 0.0945. The Hall–Kier alpha value is -1.85. The predicted molar refractivity (Wildman–Crippen MR) is 95.0 cm³/mol. The first-order valence-electron chi connectivity index (χ1n) is 7.56. The second-order valence-corrected chi connectivity index (χ2v) is 6.17. The average Bonchev–Trinajstić information content (AvgIpc) is 2.88. The maximum Gasteiger partial charge on any atom is 0.254 e. The van der Waals surface area contributed by atoms with Crippen LogP contribution in [0.15, 0.2) is 36.5 Å². The highest BCUT2D eigenvalue weighted by atomic mass is 35.5. The molecule has 1 aromatic carbocycles. The Morgan fingerprint density at radius 1 is 1.30 bits per heavy atom. The molecule has 1 aromatic heterocycles. The van der Waals surface area contributed by atoms with E-state index in [2.05, 4.69) is 22.5 Å². The number of benzene rings is 1. The van der Waals surface area contributed by atoms with E-state index in [1.165, 1.54) is 0 Å². The lowest BCUT2D eigenvalue weighted by Crippen LogP contribution is -2.45. The summed E-state index contributed by atoms with van der Waals surface area (Å²) in [6.45, 7) is 6.89. The number of halogens is 1. The van der Waals surface area contributed by atoms with Crippen molar-refractivity contribution in [1.29, 1.82) is 0 Å². The SMILES string of the molecule is CCc1c(C(=O)NCC(C)(C)N)cnn1Cc1ccccc1.Cl. The van der Waals surface area contributed by atoms with E-state index in [1.54, 1.807) is 6.20 Å². The van der Waals surface area contributed by atoms with Crippen LogP contribution in [0.3, 0.4) is 0 Å². The summed E-state index contributed by atoms with van der Waals surface area (Å²) < 4.78 is 1.89. The van der Waals surface area contributed by atoms with E-state index in [0.717, 1.165) is 17.7 Å². The maximum atomic E-state index is 12.3. The highest BCUT2D eigenvalue weighted by Gasteiger charge is 2.18. The fourth-order valence-electron chi connectivity index (χ4n) is 2.27. The smallest absolute Gasteiger partial charge is 0.254 e. The zero-order valence-electron chi connectivity index (χ0n) is 13.9. The van der Waals surface area contributed by atoms with Crippen molar-refractivity contribution in [1.82, 2.24) is 15.1 Å². The molecule has 0 aliphatic heterocycles. The minimum atomic E-state index is -0.429. The topological polar surface area (TPSA) is 72.9 Å². The van der Waals surface area contributed by atoms with Gasteiger partial charge in [0.05, 0.1) is 24.0 Å². The molecule has 0 fully saturated rings. The molecule has 0 aliphatic rings. The molecule has 5 nitrogen and oxygen atoms in total. The standard InChI is InChI=1S/C17H24N4O.ClH/c1-4-15-14(16(22)19-12-17(2,3)18)10-20-21(15)11-13-8-6-5-7-9-13;/h5-10H,4,11-12,18H2,1-3H3,(H,19,22);1H. The Balaban J connectivity index is 0.00000264. The summed E-state index contributed by atoms with van der Waals surface area (Å²) >= 11 is 0. The third-order valence-electron chi connectivity index (χ3n) is 3.41. The van der Waals surface area contributed by atoms with Gasteiger partial charge in [0.1, 0.15) is 0 Å². The molecule has 2 aromatic rings. The molecule has 0 aliphatic carbocycles. The number of nitrogens with two attached hydrogens (primary N) is 1. The molecule has 0 spiro atoms. The van der Waals surface area contributed by atoms with Crippen molar-refractivity contribution in [2.24, 2.45) is 5.73 Å². The van der Waals surface area contributed by atoms with Crippen LogP contribution in [0.2, 0.25) is 0 Å². The summed E-state index contributed by atoms with van der Waals surface area (Å²) in [6.07, 6.45) is 2.39. The fourth-order valence-corrected chi connectivity index (χ4v) is 2.27. The highest BCUT2D eigenvalue weighted by molar-refractivity contribution is 5.95. The first-order chi connectivity index (χ1) is 10.4. The van der Waals surface area contributed by atoms with Crippen molar-refractivity contribution >= 4 is 18.3 Å². The Bertz CT molecular complexity index is 632. The molecule has 3 N–H and O–H groups in total. The van der Waals surface area contributed by atoms with Gasteiger partial charge < -0.3 is 11.1 Å². The molecule has 6 heteroatoms. The first-order valence-corrected chi connectivity index (χ1v) is 7.56. The Morgan fingerprint density at radius 3 is 2.52 bits per heavy atom. The quantitative estimate of drug-likeness (QED) is 0.850. The molecule has 0 unspecified atom stereocenters. The lowest BCUT2D eigenvalue weighted by Gasteiger charge is -2.18. The fraction of sp³-hybridized carbons (Fsp3) is 0.412. The van der Waals surface area contributed by atoms with E-state index in [0.29, 0.717) is 18.7 Å². The van der Waals surface area contributed by atoms with Gasteiger partial charge in [-0.25, -0.2) is 0 Å². The number of carbonyl (C=O) groups is 1. The number of hydrogen-bond donors (Lipinski definition) is 2. The molecule has 0 saturated carbocycles. The van der Waals surface area contributed by atoms with Crippen LogP contribution in [0.5, 0.6) is 0 Å². The monoisotopic (exact) mass is 336 g/mol. The first kappa shape index (κ1) is 19.2. The average molecular weight is 337 g/mol. The van der Waals surface area contributed by atoms with Gasteiger partial charge >= 0.3 is 0 Å². The summed E-state index contributed by atoms with van der Waals surface area (Å²) in [7, 11) is 0. The Labute approximate surface area is 143 Å². The van der Waals surface area contributed by atoms with E-state index >= 15 is 0 Å². The molecular weight excluding hydrogens is 312 g/mol. The Morgan fingerprint density at radius 2 is 1.96 bits per heavy atom. The lowest BCUT2D eigenvalue weighted by atomic mass is 10.1. The van der Waals surface area contributed by atoms with E-state index in [9.17, 15) is 4.79 Å². The third-order valence-corrected chi connectivity index (χ3v) is 3.41. The summed E-state index contributed by atoms with van der Waals surface area (Å²) in [5.74, 6) is -0.116. The predicted octanol–water partition coefficient (Wildman–Crippen LogP) is 2.38. The summed E-state index contributed by atoms with van der Waals surface area (Å²) in [5, 5.41) is 7.25. The number of rotatable bonds is 6. The number of hydrogen-bond acceptors (Lipinski definition) is 3. The number of aromatic nitrogens is 2. The van der Waals surface area contributed by atoms with Crippen molar-refractivity contribution in [3.63, 3.8) is 0 Å². The van der Waals surface area contributed by atoms with Crippen molar-refractivity contribution in [3.05, 3.63) is 53.3 Å². The van der Waals surface area contributed by atoms with E-state index in [4.69, 9.17) is 5.73 Å². The van der Waals surface area contributed by atoms with Crippen LogP contribution in [0.25, 0.3) is 0 Å². The van der Waals surface area contributed by atoms with Crippen LogP contribution in [0, 0.1) is 0 Å². The Kier molecular flexibility index (Phi) is 6.79. The molecular formula is C17H25ClN4O. The van der Waals surface area contributed by atoms with Gasteiger partial charge in [-0.15, -0.1) is 12.4 Å². The minimum absolute atomic E-state index is 0. The third kappa shape index (κ3) is 5.37. The van der Waals surface area contributed by atoms with Gasteiger partial charge in [-0.3, -0.25) is 9.48 Å². The molecule has 0 atom stereocenters. The van der Waals surface area contributed by atoms with E-state index in [-0.39, 0.29) is 18.3 Å². The van der Waals surface area contributed by atoms with Gasteiger partial charge in [-0.2, -0.15) is 5.10 Å². The van der Waals surface area contributed by atoms with Gasteiger partial charge in [0.25, 0.3) is 5.91 Å². The number of amides is 1. The van der Waals surface area contributed by atoms with Crippen molar-refractivity contribution in [2.45, 2.75) is 39.3 Å². The second kappa shape index (κ2) is 8.13. The van der Waals surface area contributed by atoms with Crippen LogP contribution >= 0.6 is 12.4 Å². The normalized spacial score (nSPS) is 11.0. The molecule has 0 saturated heterocycles. The maximum absolute atomic E-state index is 12.3. The zero-order valence-corrected chi connectivity index (χ0v) is 14.7. The number of nitrogens with zero attached hydrogens (tertiary/aromatic N) is 2. The molecule has 0 bridgehead atoms. The van der Waals surface area contributed by atoms with Gasteiger partial charge in [0, 0.05) is 12.1 Å². The molecule has 1 heterocycles. The van der Waals surface area contributed by atoms with Gasteiger partial charge in [0.15, 0.2) is 0 Å². The minimum Gasteiger partial charge on any atom is -0.350 e. The van der Waals surface area contributed by atoms with Crippen molar-refractivity contribution in [2.75, 3.05) is 6.54 Å². The van der Waals surface area contributed by atoms with E-state index in [1.807, 2.05) is 43.7 Å². The molecule has 23 heavy (non-hydrogen) atoms.